The third-order valence-corrected chi connectivity index (χ3v) is 3.31. The minimum absolute atomic E-state index is 0.109. The Labute approximate surface area is 107 Å². The van der Waals surface area contributed by atoms with Crippen molar-refractivity contribution in [2.24, 2.45) is 4.99 Å². The first-order valence-corrected chi connectivity index (χ1v) is 6.66. The van der Waals surface area contributed by atoms with Gasteiger partial charge in [-0.05, 0) is 31.2 Å². The van der Waals surface area contributed by atoms with Gasteiger partial charge in [-0.25, -0.2) is 0 Å². The summed E-state index contributed by atoms with van der Waals surface area (Å²) in [5, 5.41) is 9.67. The summed E-state index contributed by atoms with van der Waals surface area (Å²) >= 11 is 0. The fourth-order valence-corrected chi connectivity index (χ4v) is 2.33. The molecule has 0 spiro atoms. The first-order chi connectivity index (χ1) is 8.72. The number of aromatic amines is 1. The van der Waals surface area contributed by atoms with E-state index in [0.29, 0.717) is 12.1 Å². The van der Waals surface area contributed by atoms with Crippen molar-refractivity contribution in [1.82, 2.24) is 4.98 Å². The maximum atomic E-state index is 11.6. The second kappa shape index (κ2) is 5.96. The molecule has 0 radical (unpaired) electrons. The Balaban J connectivity index is 1.92. The molecule has 0 amide bonds. The molecule has 18 heavy (non-hydrogen) atoms. The van der Waals surface area contributed by atoms with Crippen LogP contribution >= 0.6 is 0 Å². The molecule has 1 atom stereocenters. The van der Waals surface area contributed by atoms with E-state index in [-0.39, 0.29) is 11.9 Å². The molecule has 1 aliphatic rings. The molecule has 0 fully saturated rings. The van der Waals surface area contributed by atoms with Gasteiger partial charge in [0.2, 0.25) is 0 Å². The zero-order valence-electron chi connectivity index (χ0n) is 10.8. The van der Waals surface area contributed by atoms with Crippen LogP contribution in [0.4, 0.5) is 5.69 Å². The Morgan fingerprint density at radius 2 is 2.33 bits per heavy atom. The van der Waals surface area contributed by atoms with Crippen LogP contribution < -0.4 is 0 Å². The standard InChI is InChI=1S/C14H20N2O2/c1-2-4-11(17)6-3-5-10-9-16-14-12(18)7-8-15-13(10)14/h8-9,11,16-17H,2-7H2,1H3/t11-/m1/s1. The molecular formula is C14H20N2O2. The molecule has 0 unspecified atom stereocenters. The van der Waals surface area contributed by atoms with Crippen LogP contribution in [0.15, 0.2) is 11.2 Å². The molecular weight excluding hydrogens is 228 g/mol. The maximum absolute atomic E-state index is 11.6. The Kier molecular flexibility index (Phi) is 4.31. The summed E-state index contributed by atoms with van der Waals surface area (Å²) in [6.07, 6.45) is 8.21. The molecule has 1 aromatic rings. The zero-order chi connectivity index (χ0) is 13.0. The molecule has 1 aromatic heterocycles. The predicted octanol–water partition coefficient (Wildman–Crippen LogP) is 2.79. The summed E-state index contributed by atoms with van der Waals surface area (Å²) in [5.74, 6) is 0.109. The number of fused-ring (bicyclic) bond motifs is 1. The van der Waals surface area contributed by atoms with Crippen LogP contribution in [0.5, 0.6) is 0 Å². The molecule has 0 aliphatic carbocycles. The van der Waals surface area contributed by atoms with Gasteiger partial charge in [0.25, 0.3) is 0 Å². The van der Waals surface area contributed by atoms with Crippen LogP contribution in [0.25, 0.3) is 0 Å². The number of nitrogens with one attached hydrogen (secondary N) is 1. The van der Waals surface area contributed by atoms with Gasteiger partial charge in [-0.2, -0.15) is 0 Å². The van der Waals surface area contributed by atoms with E-state index in [9.17, 15) is 9.90 Å². The number of rotatable bonds is 6. The van der Waals surface area contributed by atoms with Crippen LogP contribution in [-0.2, 0) is 6.42 Å². The highest BCUT2D eigenvalue weighted by molar-refractivity contribution is 6.09. The summed E-state index contributed by atoms with van der Waals surface area (Å²) in [5.41, 5.74) is 2.52. The fourth-order valence-electron chi connectivity index (χ4n) is 2.33. The average molecular weight is 248 g/mol. The molecule has 4 heteroatoms. The van der Waals surface area contributed by atoms with Gasteiger partial charge in [-0.1, -0.05) is 13.3 Å². The van der Waals surface area contributed by atoms with E-state index in [0.717, 1.165) is 43.4 Å². The van der Waals surface area contributed by atoms with Gasteiger partial charge in [0, 0.05) is 18.8 Å². The summed E-state index contributed by atoms with van der Waals surface area (Å²) in [7, 11) is 0. The average Bonchev–Trinajstić information content (AvgIpc) is 2.75. The highest BCUT2D eigenvalue weighted by Gasteiger charge is 2.19. The number of H-pyrrole nitrogens is 1. The van der Waals surface area contributed by atoms with Gasteiger partial charge in [-0.15, -0.1) is 0 Å². The fraction of sp³-hybridized carbons (Fsp3) is 0.571. The third-order valence-electron chi connectivity index (χ3n) is 3.31. The van der Waals surface area contributed by atoms with Crippen LogP contribution in [0.3, 0.4) is 0 Å². The number of hydrogen-bond acceptors (Lipinski definition) is 3. The van der Waals surface area contributed by atoms with Crippen molar-refractivity contribution in [3.63, 3.8) is 0 Å². The van der Waals surface area contributed by atoms with Crippen molar-refractivity contribution < 1.29 is 9.90 Å². The number of nitrogens with zero attached hydrogens (tertiary/aromatic N) is 1. The first kappa shape index (κ1) is 13.0. The van der Waals surface area contributed by atoms with Gasteiger partial charge in [-0.3, -0.25) is 9.79 Å². The molecule has 2 N–H and O–H groups in total. The highest BCUT2D eigenvalue weighted by atomic mass is 16.3. The van der Waals surface area contributed by atoms with E-state index in [4.69, 9.17) is 0 Å². The van der Waals surface area contributed by atoms with E-state index >= 15 is 0 Å². The third kappa shape index (κ3) is 2.88. The SMILES string of the molecule is CCC[C@@H](O)CCCc1c[nH]c2c1N=CCC2=O. The number of ketones is 1. The normalized spacial score (nSPS) is 15.8. The Morgan fingerprint density at radius 3 is 3.11 bits per heavy atom. The van der Waals surface area contributed by atoms with E-state index in [1.54, 1.807) is 6.21 Å². The van der Waals surface area contributed by atoms with Gasteiger partial charge in [0.15, 0.2) is 5.78 Å². The maximum Gasteiger partial charge on any atom is 0.186 e. The smallest absolute Gasteiger partial charge is 0.186 e. The lowest BCUT2D eigenvalue weighted by Crippen LogP contribution is -2.06. The van der Waals surface area contributed by atoms with Gasteiger partial charge in [0.05, 0.1) is 11.8 Å². The Morgan fingerprint density at radius 1 is 1.50 bits per heavy atom. The molecule has 0 saturated heterocycles. The van der Waals surface area contributed by atoms with E-state index in [1.165, 1.54) is 0 Å². The van der Waals surface area contributed by atoms with Crippen molar-refractivity contribution in [3.8, 4) is 0 Å². The van der Waals surface area contributed by atoms with Crippen molar-refractivity contribution >= 4 is 17.7 Å². The Bertz CT molecular complexity index is 449. The van der Waals surface area contributed by atoms with Gasteiger partial charge >= 0.3 is 0 Å². The zero-order valence-corrected chi connectivity index (χ0v) is 10.8. The van der Waals surface area contributed by atoms with Crippen molar-refractivity contribution in [1.29, 1.82) is 0 Å². The van der Waals surface area contributed by atoms with Crippen molar-refractivity contribution in [2.75, 3.05) is 0 Å². The van der Waals surface area contributed by atoms with Gasteiger partial charge < -0.3 is 10.1 Å². The van der Waals surface area contributed by atoms with E-state index in [1.807, 2.05) is 6.20 Å². The number of Topliss-reactive ketones (excluding diaryl/α,β-unsaturated/α-hetero) is 1. The topological polar surface area (TPSA) is 65.4 Å². The largest absolute Gasteiger partial charge is 0.393 e. The molecule has 2 rings (SSSR count). The van der Waals surface area contributed by atoms with Gasteiger partial charge in [0.1, 0.15) is 5.69 Å². The lowest BCUT2D eigenvalue weighted by molar-refractivity contribution is 0.0996. The molecule has 2 heterocycles. The molecule has 98 valence electrons. The minimum atomic E-state index is -0.199. The number of aliphatic hydroxyl groups excluding tert-OH is 1. The van der Waals surface area contributed by atoms with Crippen molar-refractivity contribution in [2.45, 2.75) is 51.6 Å². The number of carbonyl (C=O) groups excluding carboxylic acids is 1. The number of aromatic nitrogens is 1. The lowest BCUT2D eigenvalue weighted by Gasteiger charge is -2.09. The van der Waals surface area contributed by atoms with Crippen LogP contribution in [-0.4, -0.2) is 28.2 Å². The minimum Gasteiger partial charge on any atom is -0.393 e. The quantitative estimate of drug-likeness (QED) is 0.813. The Hall–Kier alpha value is -1.42. The number of aliphatic imine (C=N–C) groups is 1. The van der Waals surface area contributed by atoms with E-state index < -0.39 is 0 Å². The van der Waals surface area contributed by atoms with E-state index in [2.05, 4.69) is 16.9 Å². The summed E-state index contributed by atoms with van der Waals surface area (Å²) < 4.78 is 0. The number of hydrogen-bond donors (Lipinski definition) is 2. The lowest BCUT2D eigenvalue weighted by atomic mass is 10.0. The summed E-state index contributed by atoms with van der Waals surface area (Å²) in [6.45, 7) is 2.08. The first-order valence-electron chi connectivity index (χ1n) is 6.66. The highest BCUT2D eigenvalue weighted by Crippen LogP contribution is 2.29. The number of aryl methyl sites for hydroxylation is 1. The predicted molar refractivity (Wildman–Crippen MR) is 71.7 cm³/mol. The summed E-state index contributed by atoms with van der Waals surface area (Å²) in [6, 6.07) is 0. The molecule has 0 aromatic carbocycles. The number of aliphatic hydroxyl groups is 1. The van der Waals surface area contributed by atoms with Crippen molar-refractivity contribution in [3.05, 3.63) is 17.5 Å². The second-order valence-electron chi connectivity index (χ2n) is 4.81. The summed E-state index contributed by atoms with van der Waals surface area (Å²) in [4.78, 5) is 18.9. The molecule has 4 nitrogen and oxygen atoms in total. The second-order valence-corrected chi connectivity index (χ2v) is 4.81. The molecule has 0 bridgehead atoms. The van der Waals surface area contributed by atoms with Crippen LogP contribution in [0.2, 0.25) is 0 Å². The van der Waals surface area contributed by atoms with Crippen LogP contribution in [0, 0.1) is 0 Å². The molecule has 1 aliphatic heterocycles. The van der Waals surface area contributed by atoms with Crippen LogP contribution in [0.1, 0.15) is 55.1 Å². The number of carbonyl (C=O) groups is 1. The monoisotopic (exact) mass is 248 g/mol. The molecule has 0 saturated carbocycles.